The molecule has 0 aliphatic heterocycles. The van der Waals surface area contributed by atoms with E-state index in [9.17, 15) is 8.42 Å². The molecule has 0 aromatic carbocycles. The smallest absolute Gasteiger partial charge is 0.279 e. The van der Waals surface area contributed by atoms with Gasteiger partial charge in [-0.3, -0.25) is 0 Å². The van der Waals surface area contributed by atoms with Crippen molar-refractivity contribution in [3.05, 3.63) is 0 Å². The third kappa shape index (κ3) is 4.91. The zero-order valence-electron chi connectivity index (χ0n) is 13.3. The minimum absolute atomic E-state index is 0.152. The van der Waals surface area contributed by atoms with Gasteiger partial charge in [-0.2, -0.15) is 12.7 Å². The average Bonchev–Trinajstić information content (AvgIpc) is 2.71. The monoisotopic (exact) mass is 317 g/mol. The lowest BCUT2D eigenvalue weighted by Crippen LogP contribution is -2.53. The molecular formula is C15H31N3O2S. The van der Waals surface area contributed by atoms with Crippen molar-refractivity contribution in [1.29, 1.82) is 0 Å². The first kappa shape index (κ1) is 17.2. The van der Waals surface area contributed by atoms with Gasteiger partial charge in [0.15, 0.2) is 0 Å². The Morgan fingerprint density at radius 2 is 1.57 bits per heavy atom. The lowest BCUT2D eigenvalue weighted by Gasteiger charge is -2.33. The predicted molar refractivity (Wildman–Crippen MR) is 86.2 cm³/mol. The largest absolute Gasteiger partial charge is 0.324 e. The second-order valence-electron chi connectivity index (χ2n) is 6.91. The molecule has 21 heavy (non-hydrogen) atoms. The molecule has 0 radical (unpaired) electrons. The molecule has 2 rings (SSSR count). The van der Waals surface area contributed by atoms with Gasteiger partial charge >= 0.3 is 0 Å². The molecule has 0 unspecified atom stereocenters. The van der Waals surface area contributed by atoms with Crippen molar-refractivity contribution in [2.75, 3.05) is 13.6 Å². The summed E-state index contributed by atoms with van der Waals surface area (Å²) < 4.78 is 29.2. The molecule has 0 bridgehead atoms. The normalized spacial score (nSPS) is 24.9. The van der Waals surface area contributed by atoms with Crippen LogP contribution in [0.25, 0.3) is 0 Å². The van der Waals surface area contributed by atoms with E-state index >= 15 is 0 Å². The Kier molecular flexibility index (Phi) is 6.05. The minimum Gasteiger partial charge on any atom is -0.324 e. The molecule has 0 spiro atoms. The second kappa shape index (κ2) is 7.40. The van der Waals surface area contributed by atoms with Crippen LogP contribution in [0.2, 0.25) is 0 Å². The first-order valence-electron chi connectivity index (χ1n) is 8.44. The van der Waals surface area contributed by atoms with Crippen molar-refractivity contribution in [1.82, 2.24) is 9.03 Å². The SMILES string of the molecule is CN(C1CCCCC1)S(=O)(=O)NCC1(N)CCCCCC1. The van der Waals surface area contributed by atoms with Crippen LogP contribution in [0.4, 0.5) is 0 Å². The topological polar surface area (TPSA) is 75.4 Å². The predicted octanol–water partition coefficient (Wildman–Crippen LogP) is 2.14. The van der Waals surface area contributed by atoms with E-state index in [1.54, 1.807) is 7.05 Å². The molecule has 0 aromatic rings. The molecule has 6 heteroatoms. The fraction of sp³-hybridized carbons (Fsp3) is 1.00. The molecule has 3 N–H and O–H groups in total. The number of hydrogen-bond donors (Lipinski definition) is 2. The standard InChI is InChI=1S/C15H31N3O2S/c1-18(14-9-5-4-6-10-14)21(19,20)17-13-15(16)11-7-2-3-8-12-15/h14,17H,2-13,16H2,1H3. The summed E-state index contributed by atoms with van der Waals surface area (Å²) in [6.07, 6.45) is 11.9. The quantitative estimate of drug-likeness (QED) is 0.763. The first-order valence-corrected chi connectivity index (χ1v) is 9.88. The number of nitrogens with two attached hydrogens (primary N) is 1. The van der Waals surface area contributed by atoms with E-state index in [2.05, 4.69) is 4.72 Å². The maximum Gasteiger partial charge on any atom is 0.279 e. The van der Waals surface area contributed by atoms with Gasteiger partial charge in [0.2, 0.25) is 0 Å². The first-order chi connectivity index (χ1) is 9.93. The summed E-state index contributed by atoms with van der Waals surface area (Å²) >= 11 is 0. The van der Waals surface area contributed by atoms with Crippen molar-refractivity contribution in [3.63, 3.8) is 0 Å². The van der Waals surface area contributed by atoms with Gasteiger partial charge in [-0.1, -0.05) is 44.9 Å². The Balaban J connectivity index is 1.90. The van der Waals surface area contributed by atoms with Crippen LogP contribution in [0.3, 0.4) is 0 Å². The van der Waals surface area contributed by atoms with Crippen LogP contribution in [-0.4, -0.2) is 37.9 Å². The molecule has 2 saturated carbocycles. The molecule has 5 nitrogen and oxygen atoms in total. The fourth-order valence-electron chi connectivity index (χ4n) is 3.59. The summed E-state index contributed by atoms with van der Waals surface area (Å²) in [5.74, 6) is 0. The second-order valence-corrected chi connectivity index (χ2v) is 8.73. The Labute approximate surface area is 129 Å². The Bertz CT molecular complexity index is 411. The van der Waals surface area contributed by atoms with Gasteiger partial charge in [0.25, 0.3) is 10.2 Å². The van der Waals surface area contributed by atoms with E-state index in [1.807, 2.05) is 0 Å². The molecule has 0 aromatic heterocycles. The highest BCUT2D eigenvalue weighted by Gasteiger charge is 2.31. The van der Waals surface area contributed by atoms with Crippen LogP contribution in [0.1, 0.15) is 70.6 Å². The minimum atomic E-state index is -3.41. The highest BCUT2D eigenvalue weighted by molar-refractivity contribution is 7.87. The Morgan fingerprint density at radius 1 is 1.05 bits per heavy atom. The number of nitrogens with zero attached hydrogens (tertiary/aromatic N) is 1. The van der Waals surface area contributed by atoms with Crippen molar-refractivity contribution in [2.24, 2.45) is 5.73 Å². The molecule has 124 valence electrons. The summed E-state index contributed by atoms with van der Waals surface area (Å²) in [7, 11) is -1.70. The van der Waals surface area contributed by atoms with E-state index in [1.165, 1.54) is 23.6 Å². The van der Waals surface area contributed by atoms with Crippen LogP contribution in [0, 0.1) is 0 Å². The third-order valence-corrected chi connectivity index (χ3v) is 6.74. The summed E-state index contributed by atoms with van der Waals surface area (Å²) in [6, 6.07) is 0.152. The number of nitrogens with one attached hydrogen (secondary N) is 1. The van der Waals surface area contributed by atoms with Gasteiger partial charge in [-0.25, -0.2) is 4.72 Å². The lowest BCUT2D eigenvalue weighted by molar-refractivity contribution is 0.279. The van der Waals surface area contributed by atoms with Crippen molar-refractivity contribution in [3.8, 4) is 0 Å². The molecule has 0 amide bonds. The third-order valence-electron chi connectivity index (χ3n) is 5.17. The van der Waals surface area contributed by atoms with Crippen LogP contribution in [0.15, 0.2) is 0 Å². The van der Waals surface area contributed by atoms with Crippen molar-refractivity contribution < 1.29 is 8.42 Å². The molecule has 2 fully saturated rings. The maximum absolute atomic E-state index is 12.5. The van der Waals surface area contributed by atoms with Gasteiger partial charge in [0.05, 0.1) is 0 Å². The summed E-state index contributed by atoms with van der Waals surface area (Å²) in [5, 5.41) is 0. The molecule has 0 saturated heterocycles. The summed E-state index contributed by atoms with van der Waals surface area (Å²) in [4.78, 5) is 0. The average molecular weight is 317 g/mol. The van der Waals surface area contributed by atoms with E-state index in [0.29, 0.717) is 6.54 Å². The van der Waals surface area contributed by atoms with E-state index in [4.69, 9.17) is 5.73 Å². The Morgan fingerprint density at radius 3 is 2.14 bits per heavy atom. The highest BCUT2D eigenvalue weighted by atomic mass is 32.2. The molecular weight excluding hydrogens is 286 g/mol. The van der Waals surface area contributed by atoms with E-state index in [-0.39, 0.29) is 11.6 Å². The highest BCUT2D eigenvalue weighted by Crippen LogP contribution is 2.26. The maximum atomic E-state index is 12.5. The summed E-state index contributed by atoms with van der Waals surface area (Å²) in [6.45, 7) is 0.367. The zero-order chi connectivity index (χ0) is 15.3. The molecule has 2 aliphatic carbocycles. The number of hydrogen-bond acceptors (Lipinski definition) is 3. The van der Waals surface area contributed by atoms with Gasteiger partial charge < -0.3 is 5.73 Å². The van der Waals surface area contributed by atoms with Gasteiger partial charge in [0, 0.05) is 25.2 Å². The number of rotatable bonds is 5. The lowest BCUT2D eigenvalue weighted by atomic mass is 9.92. The summed E-state index contributed by atoms with van der Waals surface area (Å²) in [5.41, 5.74) is 6.04. The van der Waals surface area contributed by atoms with Gasteiger partial charge in [-0.05, 0) is 25.7 Å². The van der Waals surface area contributed by atoms with E-state index in [0.717, 1.165) is 51.4 Å². The van der Waals surface area contributed by atoms with Crippen molar-refractivity contribution in [2.45, 2.75) is 82.2 Å². The van der Waals surface area contributed by atoms with Crippen LogP contribution < -0.4 is 10.5 Å². The van der Waals surface area contributed by atoms with Crippen LogP contribution in [0.5, 0.6) is 0 Å². The molecule has 0 atom stereocenters. The fourth-order valence-corrected chi connectivity index (χ4v) is 4.86. The van der Waals surface area contributed by atoms with Crippen LogP contribution >= 0.6 is 0 Å². The van der Waals surface area contributed by atoms with Crippen LogP contribution in [-0.2, 0) is 10.2 Å². The van der Waals surface area contributed by atoms with E-state index < -0.39 is 10.2 Å². The van der Waals surface area contributed by atoms with Gasteiger partial charge in [-0.15, -0.1) is 0 Å². The van der Waals surface area contributed by atoms with Crippen molar-refractivity contribution >= 4 is 10.2 Å². The Hall–Kier alpha value is -0.170. The molecule has 0 heterocycles. The molecule has 2 aliphatic rings. The van der Waals surface area contributed by atoms with Gasteiger partial charge in [0.1, 0.15) is 0 Å². The zero-order valence-corrected chi connectivity index (χ0v) is 14.1.